The number of carbonyl (C=O) groups is 1. The summed E-state index contributed by atoms with van der Waals surface area (Å²) in [7, 11) is 0. The second-order valence-electron chi connectivity index (χ2n) is 3.12. The lowest BCUT2D eigenvalue weighted by Crippen LogP contribution is -1.99. The van der Waals surface area contributed by atoms with Gasteiger partial charge in [-0.2, -0.15) is 0 Å². The molecular weight excluding hydrogens is 260 g/mol. The largest absolute Gasteiger partial charge is 0.292 e. The van der Waals surface area contributed by atoms with Gasteiger partial charge in [0.15, 0.2) is 5.78 Å². The first kappa shape index (κ1) is 11.7. The van der Waals surface area contributed by atoms with Crippen LogP contribution in [0.4, 0.5) is 0 Å². The number of Topliss-reactive ketones (excluding diaryl/α,β-unsaturated/α-hetero) is 1. The topological polar surface area (TPSA) is 17.1 Å². The predicted octanol–water partition coefficient (Wildman–Crippen LogP) is 4.38. The van der Waals surface area contributed by atoms with Crippen LogP contribution in [0.2, 0.25) is 5.02 Å². The normalized spacial score (nSPS) is 10.3. The van der Waals surface area contributed by atoms with Crippen molar-refractivity contribution in [1.82, 2.24) is 0 Å². The molecule has 0 fully saturated rings. The first-order valence-corrected chi connectivity index (χ1v) is 6.96. The van der Waals surface area contributed by atoms with Gasteiger partial charge in [0.2, 0.25) is 0 Å². The highest BCUT2D eigenvalue weighted by molar-refractivity contribution is 8.00. The third-order valence-electron chi connectivity index (χ3n) is 1.99. The third-order valence-corrected chi connectivity index (χ3v) is 4.42. The van der Waals surface area contributed by atoms with Crippen LogP contribution >= 0.6 is 34.7 Å². The van der Waals surface area contributed by atoms with Gasteiger partial charge in [-0.3, -0.25) is 4.79 Å². The number of ketones is 1. The Morgan fingerprint density at radius 2 is 2.06 bits per heavy atom. The highest BCUT2D eigenvalue weighted by Crippen LogP contribution is 2.27. The molecule has 0 aliphatic heterocycles. The highest BCUT2D eigenvalue weighted by Gasteiger charge is 2.08. The second kappa shape index (κ2) is 5.53. The summed E-state index contributed by atoms with van der Waals surface area (Å²) in [5, 5.41) is 2.61. The molecule has 0 atom stereocenters. The number of thiophene rings is 1. The monoisotopic (exact) mass is 268 g/mol. The molecule has 1 heterocycles. The fourth-order valence-electron chi connectivity index (χ4n) is 1.21. The Bertz CT molecular complexity index is 480. The molecule has 1 nitrogen and oxygen atoms in total. The van der Waals surface area contributed by atoms with E-state index < -0.39 is 0 Å². The van der Waals surface area contributed by atoms with Crippen LogP contribution in [0.1, 0.15) is 9.67 Å². The number of hydrogen-bond acceptors (Lipinski definition) is 3. The van der Waals surface area contributed by atoms with Gasteiger partial charge in [-0.1, -0.05) is 29.8 Å². The van der Waals surface area contributed by atoms with Crippen LogP contribution in [0.25, 0.3) is 0 Å². The van der Waals surface area contributed by atoms with Crippen LogP contribution in [0.15, 0.2) is 46.7 Å². The van der Waals surface area contributed by atoms with E-state index in [2.05, 4.69) is 0 Å². The summed E-state index contributed by atoms with van der Waals surface area (Å²) in [5.74, 6) is 0.587. The maximum atomic E-state index is 11.7. The van der Waals surface area contributed by atoms with Gasteiger partial charge in [0.1, 0.15) is 0 Å². The van der Waals surface area contributed by atoms with E-state index in [1.165, 1.54) is 23.1 Å². The molecule has 0 N–H and O–H groups in total. The number of benzene rings is 1. The van der Waals surface area contributed by atoms with Crippen LogP contribution in [0, 0.1) is 0 Å². The fourth-order valence-corrected chi connectivity index (χ4v) is 3.09. The van der Waals surface area contributed by atoms with Gasteiger partial charge in [0.05, 0.1) is 15.7 Å². The summed E-state index contributed by atoms with van der Waals surface area (Å²) in [6.07, 6.45) is 0. The van der Waals surface area contributed by atoms with Crippen LogP contribution < -0.4 is 0 Å². The predicted molar refractivity (Wildman–Crippen MR) is 70.8 cm³/mol. The Balaban J connectivity index is 1.98. The molecule has 0 aliphatic carbocycles. The molecule has 0 saturated heterocycles. The highest BCUT2D eigenvalue weighted by atomic mass is 35.5. The van der Waals surface area contributed by atoms with E-state index in [1.807, 2.05) is 41.8 Å². The number of carbonyl (C=O) groups excluding carboxylic acids is 1. The minimum Gasteiger partial charge on any atom is -0.292 e. The molecule has 0 aliphatic rings. The zero-order valence-electron chi connectivity index (χ0n) is 8.35. The molecule has 1 aromatic carbocycles. The van der Waals surface area contributed by atoms with Crippen LogP contribution in [-0.4, -0.2) is 11.5 Å². The van der Waals surface area contributed by atoms with Gasteiger partial charge in [-0.15, -0.1) is 23.1 Å². The summed E-state index contributed by atoms with van der Waals surface area (Å²) in [4.78, 5) is 13.5. The SMILES string of the molecule is O=C(CSc1ccccc1Cl)c1cccs1. The Morgan fingerprint density at radius 3 is 2.75 bits per heavy atom. The lowest BCUT2D eigenvalue weighted by atomic mass is 10.3. The van der Waals surface area contributed by atoms with Crippen molar-refractivity contribution in [3.63, 3.8) is 0 Å². The van der Waals surface area contributed by atoms with E-state index in [-0.39, 0.29) is 5.78 Å². The summed E-state index contributed by atoms with van der Waals surface area (Å²) in [6.45, 7) is 0. The van der Waals surface area contributed by atoms with Gasteiger partial charge in [0.25, 0.3) is 0 Å². The summed E-state index contributed by atoms with van der Waals surface area (Å²) < 4.78 is 0. The van der Waals surface area contributed by atoms with E-state index in [0.29, 0.717) is 10.8 Å². The molecule has 2 rings (SSSR count). The smallest absolute Gasteiger partial charge is 0.182 e. The van der Waals surface area contributed by atoms with Crippen LogP contribution in [0.3, 0.4) is 0 Å². The van der Waals surface area contributed by atoms with Crippen molar-refractivity contribution in [2.75, 3.05) is 5.75 Å². The molecule has 4 heteroatoms. The maximum Gasteiger partial charge on any atom is 0.182 e. The lowest BCUT2D eigenvalue weighted by molar-refractivity contribution is 0.102. The van der Waals surface area contributed by atoms with Crippen LogP contribution in [0.5, 0.6) is 0 Å². The first-order chi connectivity index (χ1) is 7.77. The number of thioether (sulfide) groups is 1. The molecule has 0 bridgehead atoms. The third kappa shape index (κ3) is 2.88. The number of rotatable bonds is 4. The van der Waals surface area contributed by atoms with Gasteiger partial charge in [-0.25, -0.2) is 0 Å². The zero-order valence-corrected chi connectivity index (χ0v) is 10.7. The molecule has 0 unspecified atom stereocenters. The maximum absolute atomic E-state index is 11.7. The van der Waals surface area contributed by atoms with Crippen molar-refractivity contribution in [3.8, 4) is 0 Å². The van der Waals surface area contributed by atoms with Gasteiger partial charge in [0, 0.05) is 4.90 Å². The first-order valence-electron chi connectivity index (χ1n) is 4.71. The minimum atomic E-state index is 0.153. The Hall–Kier alpha value is -0.770. The summed E-state index contributed by atoms with van der Waals surface area (Å²) in [6, 6.07) is 11.3. The standard InChI is InChI=1S/C12H9ClOS2/c13-9-4-1-2-5-11(9)16-8-10(14)12-6-3-7-15-12/h1-7H,8H2. The van der Waals surface area contributed by atoms with Crippen molar-refractivity contribution in [2.24, 2.45) is 0 Å². The summed E-state index contributed by atoms with van der Waals surface area (Å²) >= 11 is 8.96. The number of halogens is 1. The molecule has 0 spiro atoms. The van der Waals surface area contributed by atoms with Crippen molar-refractivity contribution in [2.45, 2.75) is 4.90 Å². The fraction of sp³-hybridized carbons (Fsp3) is 0.0833. The van der Waals surface area contributed by atoms with E-state index in [0.717, 1.165) is 9.77 Å². The molecule has 1 aromatic heterocycles. The van der Waals surface area contributed by atoms with Gasteiger partial charge >= 0.3 is 0 Å². The average molecular weight is 269 g/mol. The summed E-state index contributed by atoms with van der Waals surface area (Å²) in [5.41, 5.74) is 0. The van der Waals surface area contributed by atoms with Crippen molar-refractivity contribution < 1.29 is 4.79 Å². The Labute approximate surface area is 107 Å². The van der Waals surface area contributed by atoms with Gasteiger partial charge in [-0.05, 0) is 23.6 Å². The van der Waals surface area contributed by atoms with Gasteiger partial charge < -0.3 is 0 Å². The lowest BCUT2D eigenvalue weighted by Gasteiger charge is -2.01. The molecule has 0 amide bonds. The zero-order chi connectivity index (χ0) is 11.4. The van der Waals surface area contributed by atoms with Crippen molar-refractivity contribution >= 4 is 40.5 Å². The second-order valence-corrected chi connectivity index (χ2v) is 5.49. The Kier molecular flexibility index (Phi) is 4.04. The van der Waals surface area contributed by atoms with Crippen molar-refractivity contribution in [1.29, 1.82) is 0 Å². The molecular formula is C12H9ClOS2. The molecule has 2 aromatic rings. The van der Waals surface area contributed by atoms with E-state index in [1.54, 1.807) is 0 Å². The molecule has 0 radical (unpaired) electrons. The van der Waals surface area contributed by atoms with E-state index >= 15 is 0 Å². The Morgan fingerprint density at radius 1 is 1.25 bits per heavy atom. The molecule has 0 saturated carbocycles. The minimum absolute atomic E-state index is 0.153. The quantitative estimate of drug-likeness (QED) is 0.605. The molecule has 82 valence electrons. The average Bonchev–Trinajstić information content (AvgIpc) is 2.81. The number of hydrogen-bond donors (Lipinski definition) is 0. The molecule has 16 heavy (non-hydrogen) atoms. The van der Waals surface area contributed by atoms with Crippen molar-refractivity contribution in [3.05, 3.63) is 51.7 Å². The van der Waals surface area contributed by atoms with Crippen LogP contribution in [-0.2, 0) is 0 Å². The van der Waals surface area contributed by atoms with E-state index in [9.17, 15) is 4.79 Å². The van der Waals surface area contributed by atoms with E-state index in [4.69, 9.17) is 11.6 Å².